The van der Waals surface area contributed by atoms with E-state index >= 15 is 0 Å². The second-order valence-electron chi connectivity index (χ2n) is 25.4. The van der Waals surface area contributed by atoms with Crippen LogP contribution in [0.4, 0.5) is 0 Å². The number of hydrogen-bond donors (Lipinski definition) is 0. The third kappa shape index (κ3) is 6.71. The molecule has 0 spiro atoms. The van der Waals surface area contributed by atoms with E-state index in [9.17, 15) is 0 Å². The zero-order chi connectivity index (χ0) is 58.3. The van der Waals surface area contributed by atoms with Crippen molar-refractivity contribution in [1.82, 2.24) is 28.5 Å². The first kappa shape index (κ1) is 49.2. The van der Waals surface area contributed by atoms with Crippen LogP contribution in [0.5, 0.6) is 0 Å². The van der Waals surface area contributed by atoms with Gasteiger partial charge in [-0.25, -0.2) is 0 Å². The van der Waals surface area contributed by atoms with Gasteiger partial charge in [-0.15, -0.1) is 10.2 Å². The lowest BCUT2D eigenvalue weighted by Gasteiger charge is -2.22. The first-order valence-corrected chi connectivity index (χ1v) is 30.6. The van der Waals surface area contributed by atoms with Crippen LogP contribution in [0.3, 0.4) is 0 Å². The molecule has 2 aliphatic carbocycles. The highest BCUT2D eigenvalue weighted by molar-refractivity contribution is 6.15. The summed E-state index contributed by atoms with van der Waals surface area (Å²) < 4.78 is 9.42. The van der Waals surface area contributed by atoms with Gasteiger partial charge in [-0.05, 0) is 176 Å². The summed E-state index contributed by atoms with van der Waals surface area (Å²) >= 11 is 0. The lowest BCUT2D eigenvalue weighted by atomic mass is 9.82. The van der Waals surface area contributed by atoms with Gasteiger partial charge < -0.3 is 9.13 Å². The van der Waals surface area contributed by atoms with Crippen molar-refractivity contribution in [2.45, 2.75) is 38.5 Å². The van der Waals surface area contributed by atoms with Gasteiger partial charge >= 0.3 is 0 Å². The quantitative estimate of drug-likeness (QED) is 0.167. The van der Waals surface area contributed by atoms with Crippen LogP contribution in [0.25, 0.3) is 155 Å². The zero-order valence-electron chi connectivity index (χ0n) is 49.1. The maximum atomic E-state index is 5.06. The minimum atomic E-state index is -0.0892. The maximum Gasteiger partial charge on any atom is 0.160 e. The van der Waals surface area contributed by atoms with Crippen LogP contribution >= 0.6 is 0 Å². The van der Waals surface area contributed by atoms with E-state index in [-0.39, 0.29) is 10.8 Å². The molecule has 5 heterocycles. The molecule has 414 valence electrons. The van der Waals surface area contributed by atoms with E-state index in [1.807, 2.05) is 0 Å². The monoisotopic (exact) mass is 1120 g/mol. The van der Waals surface area contributed by atoms with Crippen molar-refractivity contribution in [3.05, 3.63) is 289 Å². The predicted molar refractivity (Wildman–Crippen MR) is 365 cm³/mol. The van der Waals surface area contributed by atoms with Crippen LogP contribution in [-0.2, 0) is 10.8 Å². The van der Waals surface area contributed by atoms with E-state index in [0.29, 0.717) is 0 Å². The summed E-state index contributed by atoms with van der Waals surface area (Å²) in [5.74, 6) is 1.53. The molecule has 6 heteroatoms. The fourth-order valence-corrected chi connectivity index (χ4v) is 15.9. The lowest BCUT2D eigenvalue weighted by Crippen LogP contribution is -2.15. The van der Waals surface area contributed by atoms with Crippen molar-refractivity contribution in [1.29, 1.82) is 0 Å². The van der Waals surface area contributed by atoms with Crippen LogP contribution in [0.2, 0.25) is 0 Å². The van der Waals surface area contributed by atoms with E-state index < -0.39 is 0 Å². The molecule has 19 rings (SSSR count). The molecule has 0 amide bonds. The smallest absolute Gasteiger partial charge is 0.160 e. The van der Waals surface area contributed by atoms with E-state index in [2.05, 4.69) is 313 Å². The van der Waals surface area contributed by atoms with Crippen molar-refractivity contribution in [2.24, 2.45) is 0 Å². The van der Waals surface area contributed by atoms with Crippen LogP contribution in [0, 0.1) is 0 Å². The van der Waals surface area contributed by atoms with Gasteiger partial charge in [0.15, 0.2) is 11.6 Å². The second kappa shape index (κ2) is 17.8. The normalized spacial score (nSPS) is 13.9. The SMILES string of the molecule is CC1(C)c2ccccc2-c2ccc(-n3c4ccccc4c4cc(-c5ccc6c(c5)c5ccccc5n6-c5ccc(-n6c7ccccc7c7cc(-c8ccc9c(c8)c8ccccc8n9-c8ccc9c(c8)C(C)(C)c8ccccc8-9)ccc76)nn5)ccc43)cc21. The van der Waals surface area contributed by atoms with Crippen molar-refractivity contribution < 1.29 is 0 Å². The average molecular weight is 1130 g/mol. The Bertz CT molecular complexity index is 5520. The number of fused-ring (bicyclic) bond motifs is 18. The number of benzene rings is 12. The molecule has 88 heavy (non-hydrogen) atoms. The molecule has 2 aliphatic rings. The van der Waals surface area contributed by atoms with E-state index in [1.165, 1.54) is 132 Å². The number of nitrogens with zero attached hydrogens (tertiary/aromatic N) is 6. The first-order valence-electron chi connectivity index (χ1n) is 30.6. The van der Waals surface area contributed by atoms with Crippen molar-refractivity contribution in [3.63, 3.8) is 0 Å². The molecule has 0 fully saturated rings. The topological polar surface area (TPSA) is 45.5 Å². The molecule has 12 aromatic carbocycles. The Labute approximate surface area is 508 Å². The average Bonchev–Trinajstić information content (AvgIpc) is 2.09. The molecule has 0 aliphatic heterocycles. The maximum absolute atomic E-state index is 5.06. The minimum Gasteiger partial charge on any atom is -0.309 e. The highest BCUT2D eigenvalue weighted by Gasteiger charge is 2.37. The largest absolute Gasteiger partial charge is 0.309 e. The first-order chi connectivity index (χ1) is 43.2. The Kier molecular flexibility index (Phi) is 9.93. The van der Waals surface area contributed by atoms with Crippen LogP contribution < -0.4 is 0 Å². The summed E-state index contributed by atoms with van der Waals surface area (Å²) in [5.41, 5.74) is 26.8. The standard InChI is InChI=1S/C82H56N6/c1-81(2)67-23-11-5-17-55(67)57-35-33-53(47-69(57)81)85-71-25-13-7-19-59(71)63-43-49(29-37-75(63)85)51-31-39-77-65(45-51)61-21-9-15-27-73(61)87(77)79-41-42-80(84-83-79)88-74-28-16-10-22-62(74)66-46-52(32-40-78(66)88)50-30-38-76-64(44-50)60-20-8-14-26-72(60)86(76)54-34-36-58-56-18-6-12-24-68(56)82(3,4)70(58)48-54/h5-48H,1-4H3. The molecule has 0 radical (unpaired) electrons. The van der Waals surface area contributed by atoms with Crippen molar-refractivity contribution in [3.8, 4) is 67.5 Å². The van der Waals surface area contributed by atoms with Crippen LogP contribution in [0.15, 0.2) is 267 Å². The molecule has 0 saturated heterocycles. The Morgan fingerprint density at radius 3 is 0.864 bits per heavy atom. The van der Waals surface area contributed by atoms with Gasteiger partial charge in [0.1, 0.15) is 0 Å². The van der Waals surface area contributed by atoms with Gasteiger partial charge in [0.25, 0.3) is 0 Å². The Morgan fingerprint density at radius 1 is 0.227 bits per heavy atom. The van der Waals surface area contributed by atoms with E-state index in [0.717, 1.165) is 44.8 Å². The minimum absolute atomic E-state index is 0.0892. The highest BCUT2D eigenvalue weighted by Crippen LogP contribution is 2.52. The Morgan fingerprint density at radius 2 is 0.511 bits per heavy atom. The van der Waals surface area contributed by atoms with Crippen molar-refractivity contribution >= 4 is 87.2 Å². The van der Waals surface area contributed by atoms with E-state index in [1.54, 1.807) is 0 Å². The van der Waals surface area contributed by atoms with Crippen LogP contribution in [-0.4, -0.2) is 28.5 Å². The van der Waals surface area contributed by atoms with E-state index in [4.69, 9.17) is 10.2 Å². The Balaban J connectivity index is 0.669. The summed E-state index contributed by atoms with van der Waals surface area (Å²) in [5, 5.41) is 19.8. The summed E-state index contributed by atoms with van der Waals surface area (Å²) in [4.78, 5) is 0. The molecule has 0 saturated carbocycles. The molecule has 5 aromatic heterocycles. The number of aromatic nitrogens is 6. The summed E-state index contributed by atoms with van der Waals surface area (Å²) in [7, 11) is 0. The molecule has 0 bridgehead atoms. The van der Waals surface area contributed by atoms with Crippen molar-refractivity contribution in [2.75, 3.05) is 0 Å². The zero-order valence-corrected chi connectivity index (χ0v) is 49.1. The van der Waals surface area contributed by atoms with Gasteiger partial charge in [0, 0.05) is 65.3 Å². The second-order valence-corrected chi connectivity index (χ2v) is 25.4. The Hall–Kier alpha value is -11.1. The molecule has 6 nitrogen and oxygen atoms in total. The predicted octanol–water partition coefficient (Wildman–Crippen LogP) is 20.8. The van der Waals surface area contributed by atoms with Crippen LogP contribution in [0.1, 0.15) is 49.9 Å². The summed E-state index contributed by atoms with van der Waals surface area (Å²) in [6, 6.07) is 98.9. The van der Waals surface area contributed by atoms with Gasteiger partial charge in [-0.1, -0.05) is 185 Å². The van der Waals surface area contributed by atoms with Gasteiger partial charge in [-0.2, -0.15) is 0 Å². The fraction of sp³-hybridized carbons (Fsp3) is 0.0732. The molecule has 0 N–H and O–H groups in total. The summed E-state index contributed by atoms with van der Waals surface area (Å²) in [6.45, 7) is 9.43. The third-order valence-electron chi connectivity index (χ3n) is 20.1. The molecule has 0 atom stereocenters. The highest BCUT2D eigenvalue weighted by atomic mass is 15.2. The van der Waals surface area contributed by atoms with Gasteiger partial charge in [0.2, 0.25) is 0 Å². The fourth-order valence-electron chi connectivity index (χ4n) is 15.9. The molecule has 17 aromatic rings. The molecule has 0 unspecified atom stereocenters. The third-order valence-corrected chi connectivity index (χ3v) is 20.1. The molecular weight excluding hydrogens is 1070 g/mol. The van der Waals surface area contributed by atoms with Gasteiger partial charge in [0.05, 0.1) is 44.1 Å². The van der Waals surface area contributed by atoms with Gasteiger partial charge in [-0.3, -0.25) is 9.13 Å². The lowest BCUT2D eigenvalue weighted by molar-refractivity contribution is 0.660. The molecular formula is C82H56N6. The number of para-hydroxylation sites is 4. The number of rotatable bonds is 6. The number of hydrogen-bond acceptors (Lipinski definition) is 2. The summed E-state index contributed by atoms with van der Waals surface area (Å²) in [6.07, 6.45) is 0.